The molecule has 0 aliphatic carbocycles. The van der Waals surface area contributed by atoms with Crippen LogP contribution in [0.3, 0.4) is 0 Å². The Kier molecular flexibility index (Phi) is 9.78. The Balaban J connectivity index is 1.50. The Hall–Kier alpha value is -3.37. The fourth-order valence-corrected chi connectivity index (χ4v) is 5.07. The van der Waals surface area contributed by atoms with Crippen LogP contribution in [0.1, 0.15) is 49.4 Å². The molecule has 3 unspecified atom stereocenters. The average molecular weight is 536 g/mol. The molecule has 4 N–H and O–H groups in total. The van der Waals surface area contributed by atoms with Crippen molar-refractivity contribution in [3.8, 4) is 0 Å². The van der Waals surface area contributed by atoms with Crippen molar-refractivity contribution in [2.24, 2.45) is 0 Å². The molecule has 3 aromatic rings. The molecule has 0 spiro atoms. The van der Waals surface area contributed by atoms with Gasteiger partial charge in [0.1, 0.15) is 0 Å². The maximum atomic E-state index is 12.0. The smallest absolute Gasteiger partial charge is 0.319 e. The van der Waals surface area contributed by atoms with Gasteiger partial charge in [-0.15, -0.1) is 11.8 Å². The summed E-state index contributed by atoms with van der Waals surface area (Å²) in [4.78, 5) is 24.4. The number of aliphatic hydroxyl groups excluding tert-OH is 1. The largest absolute Gasteiger partial charge is 0.392 e. The predicted octanol–water partition coefficient (Wildman–Crippen LogP) is 5.62. The van der Waals surface area contributed by atoms with E-state index in [1.807, 2.05) is 79.7 Å². The second-order valence-corrected chi connectivity index (χ2v) is 10.1. The number of carbonyl (C=O) groups excluding carboxylic acids is 2. The zero-order valence-corrected chi connectivity index (χ0v) is 22.3. The van der Waals surface area contributed by atoms with E-state index < -0.39 is 6.29 Å². The summed E-state index contributed by atoms with van der Waals surface area (Å²) < 4.78 is 12.8. The molecule has 4 rings (SSSR count). The van der Waals surface area contributed by atoms with Crippen LogP contribution in [0.5, 0.6) is 0 Å². The van der Waals surface area contributed by atoms with Gasteiger partial charge in [-0.3, -0.25) is 4.79 Å². The zero-order chi connectivity index (χ0) is 26.9. The first-order valence-electron chi connectivity index (χ1n) is 12.6. The lowest BCUT2D eigenvalue weighted by Crippen LogP contribution is -2.31. The van der Waals surface area contributed by atoms with E-state index in [1.54, 1.807) is 11.8 Å². The third-order valence-electron chi connectivity index (χ3n) is 5.98. The maximum Gasteiger partial charge on any atom is 0.319 e. The number of rotatable bonds is 9. The van der Waals surface area contributed by atoms with E-state index in [0.717, 1.165) is 27.3 Å². The number of hydrogen-bond acceptors (Lipinski definition) is 6. The molecular weight excluding hydrogens is 502 g/mol. The van der Waals surface area contributed by atoms with Gasteiger partial charge in [-0.2, -0.15) is 0 Å². The van der Waals surface area contributed by atoms with Gasteiger partial charge in [0.25, 0.3) is 0 Å². The highest BCUT2D eigenvalue weighted by Crippen LogP contribution is 2.40. The van der Waals surface area contributed by atoms with Crippen LogP contribution in [-0.2, 0) is 20.9 Å². The summed E-state index contributed by atoms with van der Waals surface area (Å²) >= 11 is 1.68. The van der Waals surface area contributed by atoms with E-state index in [4.69, 9.17) is 9.47 Å². The fourth-order valence-electron chi connectivity index (χ4n) is 4.15. The third-order valence-corrected chi connectivity index (χ3v) is 7.12. The van der Waals surface area contributed by atoms with Crippen LogP contribution < -0.4 is 16.0 Å². The molecule has 8 nitrogen and oxygen atoms in total. The number of aliphatic hydroxyl groups is 1. The molecule has 1 heterocycles. The molecule has 9 heteroatoms. The van der Waals surface area contributed by atoms with E-state index in [9.17, 15) is 14.7 Å². The quantitative estimate of drug-likeness (QED) is 0.265. The van der Waals surface area contributed by atoms with Crippen LogP contribution in [0.4, 0.5) is 16.2 Å². The highest BCUT2D eigenvalue weighted by Gasteiger charge is 2.32. The third kappa shape index (κ3) is 7.82. The van der Waals surface area contributed by atoms with Crippen LogP contribution in [0.25, 0.3) is 0 Å². The first-order valence-corrected chi connectivity index (χ1v) is 13.6. The molecule has 3 atom stereocenters. The second kappa shape index (κ2) is 13.4. The molecular formula is C29H33N3O5S. The van der Waals surface area contributed by atoms with Gasteiger partial charge >= 0.3 is 6.03 Å². The Morgan fingerprint density at radius 3 is 2.39 bits per heavy atom. The van der Waals surface area contributed by atoms with Crippen molar-refractivity contribution in [3.05, 3.63) is 89.5 Å². The fraction of sp³-hybridized carbons (Fsp3) is 0.310. The molecule has 0 bridgehead atoms. The van der Waals surface area contributed by atoms with E-state index in [1.165, 1.54) is 6.92 Å². The molecule has 38 heavy (non-hydrogen) atoms. The standard InChI is InChI=1S/C29H33N3O5S/c1-3-30-29(35)32-24-6-4-5-22(15-24)28-36-25(16-27(37-28)21-9-7-20(17-33)8-10-21)18-38-26-13-11-23(12-14-26)31-19(2)34/h4-15,25,27-28,33H,3,16-18H2,1-2H3,(H,31,34)(H2,30,32,35). The van der Waals surface area contributed by atoms with Gasteiger partial charge in [-0.1, -0.05) is 36.4 Å². The number of hydrogen-bond donors (Lipinski definition) is 4. The SMILES string of the molecule is CCNC(=O)Nc1cccc(C2OC(CSc3ccc(NC(C)=O)cc3)CC(c3ccc(CO)cc3)O2)c1. The second-order valence-electron chi connectivity index (χ2n) is 8.98. The summed E-state index contributed by atoms with van der Waals surface area (Å²) in [6, 6.07) is 22.7. The average Bonchev–Trinajstić information content (AvgIpc) is 2.92. The van der Waals surface area contributed by atoms with E-state index in [2.05, 4.69) is 16.0 Å². The van der Waals surface area contributed by atoms with Crippen molar-refractivity contribution < 1.29 is 24.2 Å². The number of benzene rings is 3. The first-order chi connectivity index (χ1) is 18.4. The van der Waals surface area contributed by atoms with Crippen molar-refractivity contribution in [1.82, 2.24) is 5.32 Å². The minimum Gasteiger partial charge on any atom is -0.392 e. The summed E-state index contributed by atoms with van der Waals surface area (Å²) in [5, 5.41) is 17.8. The van der Waals surface area contributed by atoms with Crippen LogP contribution in [0, 0.1) is 0 Å². The van der Waals surface area contributed by atoms with Crippen molar-refractivity contribution >= 4 is 35.1 Å². The molecule has 1 saturated heterocycles. The molecule has 0 radical (unpaired) electrons. The van der Waals surface area contributed by atoms with Crippen molar-refractivity contribution in [3.63, 3.8) is 0 Å². The van der Waals surface area contributed by atoms with Gasteiger partial charge in [0.05, 0.1) is 18.8 Å². The van der Waals surface area contributed by atoms with Crippen LogP contribution in [0.2, 0.25) is 0 Å². The monoisotopic (exact) mass is 535 g/mol. The Morgan fingerprint density at radius 2 is 1.71 bits per heavy atom. The Labute approximate surface area is 227 Å². The summed E-state index contributed by atoms with van der Waals surface area (Å²) in [7, 11) is 0. The minimum absolute atomic E-state index is 0.0110. The van der Waals surface area contributed by atoms with Gasteiger partial charge in [-0.05, 0) is 54.4 Å². The van der Waals surface area contributed by atoms with E-state index in [0.29, 0.717) is 24.4 Å². The van der Waals surface area contributed by atoms with Gasteiger partial charge in [0, 0.05) is 47.5 Å². The highest BCUT2D eigenvalue weighted by molar-refractivity contribution is 7.99. The molecule has 0 aromatic heterocycles. The lowest BCUT2D eigenvalue weighted by molar-refractivity contribution is -0.245. The summed E-state index contributed by atoms with van der Waals surface area (Å²) in [6.07, 6.45) is -0.247. The summed E-state index contributed by atoms with van der Waals surface area (Å²) in [5.41, 5.74) is 4.08. The van der Waals surface area contributed by atoms with Crippen LogP contribution in [0.15, 0.2) is 77.7 Å². The molecule has 1 aliphatic rings. The molecule has 1 aliphatic heterocycles. The zero-order valence-electron chi connectivity index (χ0n) is 21.5. The normalized spacial score (nSPS) is 19.0. The number of thioether (sulfide) groups is 1. The van der Waals surface area contributed by atoms with Crippen molar-refractivity contribution in [2.75, 3.05) is 22.9 Å². The topological polar surface area (TPSA) is 109 Å². The predicted molar refractivity (Wildman–Crippen MR) is 149 cm³/mol. The van der Waals surface area contributed by atoms with Crippen LogP contribution in [-0.4, -0.2) is 35.4 Å². The highest BCUT2D eigenvalue weighted by atomic mass is 32.2. The number of nitrogens with one attached hydrogen (secondary N) is 3. The summed E-state index contributed by atoms with van der Waals surface area (Å²) in [5.74, 6) is 0.608. The maximum absolute atomic E-state index is 12.0. The molecule has 1 fully saturated rings. The van der Waals surface area contributed by atoms with Gasteiger partial charge in [0.2, 0.25) is 5.91 Å². The number of carbonyl (C=O) groups is 2. The lowest BCUT2D eigenvalue weighted by Gasteiger charge is -2.36. The Bertz CT molecular complexity index is 1220. The number of urea groups is 1. The number of anilines is 2. The molecule has 3 aromatic carbocycles. The van der Waals surface area contributed by atoms with Crippen LogP contribution >= 0.6 is 11.8 Å². The molecule has 200 valence electrons. The number of amides is 3. The van der Waals surface area contributed by atoms with E-state index in [-0.39, 0.29) is 30.8 Å². The van der Waals surface area contributed by atoms with Gasteiger partial charge in [0.15, 0.2) is 6.29 Å². The molecule has 0 saturated carbocycles. The lowest BCUT2D eigenvalue weighted by atomic mass is 10.0. The van der Waals surface area contributed by atoms with Crippen molar-refractivity contribution in [1.29, 1.82) is 0 Å². The van der Waals surface area contributed by atoms with E-state index >= 15 is 0 Å². The van der Waals surface area contributed by atoms with Crippen molar-refractivity contribution in [2.45, 2.75) is 50.3 Å². The van der Waals surface area contributed by atoms with Gasteiger partial charge < -0.3 is 30.5 Å². The molecule has 3 amide bonds. The number of ether oxygens (including phenoxy) is 2. The Morgan fingerprint density at radius 1 is 0.947 bits per heavy atom. The summed E-state index contributed by atoms with van der Waals surface area (Å²) in [6.45, 7) is 3.87. The minimum atomic E-state index is -0.616. The van der Waals surface area contributed by atoms with Gasteiger partial charge in [-0.25, -0.2) is 4.79 Å². The first kappa shape index (κ1) is 27.7.